The molecule has 0 aromatic heterocycles. The third-order valence-electron chi connectivity index (χ3n) is 4.10. The Morgan fingerprint density at radius 1 is 1.52 bits per heavy atom. The van der Waals surface area contributed by atoms with Gasteiger partial charge in [-0.15, -0.1) is 0 Å². The third kappa shape index (κ3) is 4.05. The molecule has 0 saturated heterocycles. The normalized spacial score (nSPS) is 29.5. The van der Waals surface area contributed by atoms with Crippen LogP contribution in [0, 0.1) is 5.41 Å². The summed E-state index contributed by atoms with van der Waals surface area (Å²) in [4.78, 5) is 10.6. The van der Waals surface area contributed by atoms with Crippen LogP contribution in [-0.4, -0.2) is 34.5 Å². The standard InChI is InChI=1S/C17H26O4/c1-6-21-14-10-13(3)17(20,16(4,5)11-14)8-7-12(2)9-15(18)19/h7-10,14,20H,6,11H2,1-5H3,(H,18,19)/b8-7+,12-9+. The Hall–Kier alpha value is -1.39. The van der Waals surface area contributed by atoms with E-state index in [9.17, 15) is 9.90 Å². The summed E-state index contributed by atoms with van der Waals surface area (Å²) in [6.45, 7) is 10.2. The number of aliphatic hydroxyl groups is 1. The Bertz CT molecular complexity index is 485. The summed E-state index contributed by atoms with van der Waals surface area (Å²) in [5, 5.41) is 19.8. The lowest BCUT2D eigenvalue weighted by atomic mass is 9.64. The van der Waals surface area contributed by atoms with Crippen molar-refractivity contribution >= 4 is 5.97 Å². The fourth-order valence-corrected chi connectivity index (χ4v) is 2.83. The first-order valence-corrected chi connectivity index (χ1v) is 7.25. The van der Waals surface area contributed by atoms with Crippen molar-refractivity contribution in [1.29, 1.82) is 0 Å². The predicted octanol–water partition coefficient (Wildman–Crippen LogP) is 3.09. The van der Waals surface area contributed by atoms with Crippen LogP contribution >= 0.6 is 0 Å². The Morgan fingerprint density at radius 2 is 2.14 bits per heavy atom. The van der Waals surface area contributed by atoms with Crippen molar-refractivity contribution in [3.63, 3.8) is 0 Å². The number of aliphatic carboxylic acids is 1. The fraction of sp³-hybridized carbons (Fsp3) is 0.588. The lowest BCUT2D eigenvalue weighted by Crippen LogP contribution is -2.49. The van der Waals surface area contributed by atoms with Crippen LogP contribution in [0.2, 0.25) is 0 Å². The molecule has 0 bridgehead atoms. The van der Waals surface area contributed by atoms with Crippen LogP contribution in [0.25, 0.3) is 0 Å². The second-order valence-corrected chi connectivity index (χ2v) is 6.26. The molecule has 1 aliphatic rings. The number of carbonyl (C=O) groups is 1. The van der Waals surface area contributed by atoms with Crippen LogP contribution in [0.15, 0.2) is 35.5 Å². The number of carboxylic acid groups (broad SMARTS) is 1. The van der Waals surface area contributed by atoms with Gasteiger partial charge in [-0.05, 0) is 44.4 Å². The molecule has 0 fully saturated rings. The largest absolute Gasteiger partial charge is 0.478 e. The SMILES string of the molecule is CCOC1C=C(C)C(O)(/C=C/C(C)=C/C(=O)O)C(C)(C)C1. The van der Waals surface area contributed by atoms with Crippen molar-refractivity contribution < 1.29 is 19.7 Å². The average Bonchev–Trinajstić information content (AvgIpc) is 2.33. The van der Waals surface area contributed by atoms with Gasteiger partial charge in [0.15, 0.2) is 0 Å². The molecule has 0 aromatic carbocycles. The van der Waals surface area contributed by atoms with Gasteiger partial charge in [-0.2, -0.15) is 0 Å². The zero-order chi connectivity index (χ0) is 16.3. The van der Waals surface area contributed by atoms with Gasteiger partial charge in [0.1, 0.15) is 5.60 Å². The molecule has 118 valence electrons. The molecule has 0 amide bonds. The summed E-state index contributed by atoms with van der Waals surface area (Å²) in [5.74, 6) is -0.990. The van der Waals surface area contributed by atoms with Crippen molar-refractivity contribution in [3.05, 3.63) is 35.5 Å². The van der Waals surface area contributed by atoms with Gasteiger partial charge < -0.3 is 14.9 Å². The van der Waals surface area contributed by atoms with E-state index in [1.807, 2.05) is 33.8 Å². The molecule has 1 rings (SSSR count). The van der Waals surface area contributed by atoms with Crippen molar-refractivity contribution in [2.24, 2.45) is 5.41 Å². The molecular weight excluding hydrogens is 268 g/mol. The van der Waals surface area contributed by atoms with Crippen LogP contribution in [0.3, 0.4) is 0 Å². The van der Waals surface area contributed by atoms with Gasteiger partial charge in [-0.3, -0.25) is 0 Å². The summed E-state index contributed by atoms with van der Waals surface area (Å²) in [5.41, 5.74) is -0.0806. The number of hydrogen-bond donors (Lipinski definition) is 2. The number of rotatable bonds is 5. The monoisotopic (exact) mass is 294 g/mol. The summed E-state index contributed by atoms with van der Waals surface area (Å²) < 4.78 is 5.66. The lowest BCUT2D eigenvalue weighted by molar-refractivity contribution is -0.131. The first kappa shape index (κ1) is 17.7. The molecule has 21 heavy (non-hydrogen) atoms. The second kappa shape index (κ2) is 6.58. The van der Waals surface area contributed by atoms with Crippen molar-refractivity contribution in [2.75, 3.05) is 6.61 Å². The van der Waals surface area contributed by atoms with Crippen LogP contribution in [0.5, 0.6) is 0 Å². The maximum Gasteiger partial charge on any atom is 0.328 e. The smallest absolute Gasteiger partial charge is 0.328 e. The highest BCUT2D eigenvalue weighted by molar-refractivity contribution is 5.81. The Morgan fingerprint density at radius 3 is 2.62 bits per heavy atom. The van der Waals surface area contributed by atoms with E-state index >= 15 is 0 Å². The zero-order valence-electron chi connectivity index (χ0n) is 13.5. The first-order valence-electron chi connectivity index (χ1n) is 7.25. The Labute approximate surface area is 126 Å². The number of ether oxygens (including phenoxy) is 1. The van der Waals surface area contributed by atoms with Gasteiger partial charge in [0.25, 0.3) is 0 Å². The molecule has 0 saturated carbocycles. The minimum Gasteiger partial charge on any atom is -0.478 e. The zero-order valence-corrected chi connectivity index (χ0v) is 13.5. The van der Waals surface area contributed by atoms with E-state index in [-0.39, 0.29) is 6.10 Å². The molecule has 2 unspecified atom stereocenters. The molecule has 0 radical (unpaired) electrons. The minimum atomic E-state index is -1.10. The summed E-state index contributed by atoms with van der Waals surface area (Å²) in [6, 6.07) is 0. The molecule has 4 heteroatoms. The van der Waals surface area contributed by atoms with E-state index in [4.69, 9.17) is 9.84 Å². The highest BCUT2D eigenvalue weighted by atomic mass is 16.5. The number of allylic oxidation sites excluding steroid dienone is 2. The van der Waals surface area contributed by atoms with Gasteiger partial charge in [-0.25, -0.2) is 4.79 Å². The van der Waals surface area contributed by atoms with Crippen LogP contribution in [-0.2, 0) is 9.53 Å². The second-order valence-electron chi connectivity index (χ2n) is 6.26. The van der Waals surface area contributed by atoms with Gasteiger partial charge in [0, 0.05) is 18.1 Å². The maximum atomic E-state index is 11.1. The van der Waals surface area contributed by atoms with Gasteiger partial charge in [-0.1, -0.05) is 26.0 Å². The van der Waals surface area contributed by atoms with Crippen molar-refractivity contribution in [3.8, 4) is 0 Å². The highest BCUT2D eigenvalue weighted by Crippen LogP contribution is 2.46. The van der Waals surface area contributed by atoms with E-state index < -0.39 is 17.0 Å². The van der Waals surface area contributed by atoms with E-state index in [1.165, 1.54) is 0 Å². The number of hydrogen-bond acceptors (Lipinski definition) is 3. The maximum absolute atomic E-state index is 11.1. The van der Waals surface area contributed by atoms with E-state index in [0.717, 1.165) is 11.6 Å². The molecule has 2 atom stereocenters. The van der Waals surface area contributed by atoms with E-state index in [0.29, 0.717) is 18.6 Å². The summed E-state index contributed by atoms with van der Waals surface area (Å²) in [7, 11) is 0. The number of carboxylic acids is 1. The molecule has 0 heterocycles. The predicted molar refractivity (Wildman–Crippen MR) is 83.1 cm³/mol. The molecule has 4 nitrogen and oxygen atoms in total. The van der Waals surface area contributed by atoms with Gasteiger partial charge in [0.2, 0.25) is 0 Å². The topological polar surface area (TPSA) is 66.8 Å². The van der Waals surface area contributed by atoms with Crippen LogP contribution in [0.4, 0.5) is 0 Å². The Balaban J connectivity index is 3.10. The van der Waals surface area contributed by atoms with E-state index in [1.54, 1.807) is 19.1 Å². The minimum absolute atomic E-state index is 0.00864. The van der Waals surface area contributed by atoms with E-state index in [2.05, 4.69) is 0 Å². The van der Waals surface area contributed by atoms with Crippen LogP contribution < -0.4 is 0 Å². The molecular formula is C17H26O4. The van der Waals surface area contributed by atoms with Gasteiger partial charge >= 0.3 is 5.97 Å². The third-order valence-corrected chi connectivity index (χ3v) is 4.10. The molecule has 0 spiro atoms. The summed E-state index contributed by atoms with van der Waals surface area (Å²) in [6.07, 6.45) is 7.15. The van der Waals surface area contributed by atoms with Crippen LogP contribution in [0.1, 0.15) is 41.0 Å². The Kier molecular flexibility index (Phi) is 5.54. The molecule has 0 aliphatic heterocycles. The molecule has 2 N–H and O–H groups in total. The summed E-state index contributed by atoms with van der Waals surface area (Å²) >= 11 is 0. The quantitative estimate of drug-likeness (QED) is 0.464. The molecule has 0 aromatic rings. The van der Waals surface area contributed by atoms with Crippen molar-refractivity contribution in [1.82, 2.24) is 0 Å². The highest BCUT2D eigenvalue weighted by Gasteiger charge is 2.47. The average molecular weight is 294 g/mol. The first-order chi connectivity index (χ1) is 9.62. The lowest BCUT2D eigenvalue weighted by Gasteiger charge is -2.46. The fourth-order valence-electron chi connectivity index (χ4n) is 2.83. The molecule has 1 aliphatic carbocycles. The van der Waals surface area contributed by atoms with Gasteiger partial charge in [0.05, 0.1) is 6.10 Å². The van der Waals surface area contributed by atoms with Crippen molar-refractivity contribution in [2.45, 2.75) is 52.7 Å².